The molecule has 0 saturated carbocycles. The van der Waals surface area contributed by atoms with Crippen LogP contribution in [0.15, 0.2) is 0 Å². The summed E-state index contributed by atoms with van der Waals surface area (Å²) in [5.41, 5.74) is 0. The quantitative estimate of drug-likeness (QED) is 0.455. The van der Waals surface area contributed by atoms with Gasteiger partial charge in [0.25, 0.3) is 0 Å². The van der Waals surface area contributed by atoms with E-state index >= 15 is 0 Å². The molecule has 0 spiro atoms. The molecular weight excluding hydrogens is 407 g/mol. The summed E-state index contributed by atoms with van der Waals surface area (Å²) in [6, 6.07) is 0. The molecular formula is H2AuCuNiSr. The summed E-state index contributed by atoms with van der Waals surface area (Å²) >= 11 is 0. The molecule has 0 bridgehead atoms. The Kier molecular flexibility index (Phi) is 110. The molecule has 0 heterocycles. The van der Waals surface area contributed by atoms with Crippen LogP contribution in [0.4, 0.5) is 0 Å². The molecule has 0 unspecified atom stereocenters. The third-order valence-corrected chi connectivity index (χ3v) is 0. The van der Waals surface area contributed by atoms with Crippen LogP contribution in [-0.4, -0.2) is 45.5 Å². The summed E-state index contributed by atoms with van der Waals surface area (Å²) in [6.45, 7) is 0. The van der Waals surface area contributed by atoms with Gasteiger partial charge in [-0.3, -0.25) is 0 Å². The van der Waals surface area contributed by atoms with Gasteiger partial charge in [-0.2, -0.15) is 0 Å². The predicted molar refractivity (Wildman–Crippen MR) is 8.54 cm³/mol. The van der Waals surface area contributed by atoms with Crippen LogP contribution in [0.2, 0.25) is 0 Å². The van der Waals surface area contributed by atoms with Crippen molar-refractivity contribution in [2.45, 2.75) is 0 Å². The summed E-state index contributed by atoms with van der Waals surface area (Å²) in [5, 5.41) is 0. The van der Waals surface area contributed by atoms with Crippen molar-refractivity contribution in [2.24, 2.45) is 0 Å². The molecule has 36 valence electrons. The van der Waals surface area contributed by atoms with E-state index in [1.165, 1.54) is 0 Å². The van der Waals surface area contributed by atoms with Crippen molar-refractivity contribution in [3.05, 3.63) is 0 Å². The zero-order chi connectivity index (χ0) is 0. The molecule has 0 nitrogen and oxygen atoms in total. The average Bonchev–Trinajstić information content (AvgIpc) is 0. The van der Waals surface area contributed by atoms with Gasteiger partial charge < -0.3 is 0 Å². The second-order valence-electron chi connectivity index (χ2n) is 0. The van der Waals surface area contributed by atoms with Crippen molar-refractivity contribution >= 4 is 45.5 Å². The van der Waals surface area contributed by atoms with Crippen LogP contribution < -0.4 is 0 Å². The van der Waals surface area contributed by atoms with Gasteiger partial charge in [0, 0.05) is 55.9 Å². The van der Waals surface area contributed by atoms with Crippen molar-refractivity contribution < 1.29 is 55.9 Å². The molecule has 0 aliphatic rings. The molecule has 0 aromatic carbocycles. The van der Waals surface area contributed by atoms with Gasteiger partial charge in [-0.15, -0.1) is 0 Å². The Morgan fingerprint density at radius 2 is 1.00 bits per heavy atom. The first kappa shape index (κ1) is 26.9. The second kappa shape index (κ2) is 16.3. The molecule has 4 heteroatoms. The fraction of sp³-hybridized carbons (Fsp3) is 0. The van der Waals surface area contributed by atoms with Crippen LogP contribution in [0.3, 0.4) is 0 Å². The topological polar surface area (TPSA) is 0 Å². The van der Waals surface area contributed by atoms with E-state index in [0.717, 1.165) is 0 Å². The van der Waals surface area contributed by atoms with Crippen molar-refractivity contribution in [3.8, 4) is 0 Å². The van der Waals surface area contributed by atoms with Gasteiger partial charge in [-0.1, -0.05) is 0 Å². The maximum atomic E-state index is 0. The fourth-order valence-corrected chi connectivity index (χ4v) is 0. The molecule has 0 aliphatic carbocycles. The monoisotopic (exact) mass is 408 g/mol. The van der Waals surface area contributed by atoms with Gasteiger partial charge in [-0.25, -0.2) is 0 Å². The van der Waals surface area contributed by atoms with E-state index in [1.54, 1.807) is 0 Å². The molecule has 2 radical (unpaired) electrons. The first-order chi connectivity index (χ1) is 0. The Hall–Kier alpha value is 3.23. The first-order valence-corrected chi connectivity index (χ1v) is 0. The van der Waals surface area contributed by atoms with E-state index in [2.05, 4.69) is 0 Å². The Labute approximate surface area is 99.0 Å². The minimum absolute atomic E-state index is 0. The van der Waals surface area contributed by atoms with Gasteiger partial charge in [0.2, 0.25) is 0 Å². The van der Waals surface area contributed by atoms with Crippen LogP contribution in [0, 0.1) is 0 Å². The van der Waals surface area contributed by atoms with E-state index in [-0.39, 0.29) is 101 Å². The predicted octanol–water partition coefficient (Wildman–Crippen LogP) is -0.924. The summed E-state index contributed by atoms with van der Waals surface area (Å²) < 4.78 is 0. The molecule has 0 aliphatic heterocycles. The standard InChI is InChI=1S/Au.Cu.Ni.Sr.2H. The summed E-state index contributed by atoms with van der Waals surface area (Å²) in [4.78, 5) is 0. The Morgan fingerprint density at radius 3 is 1.00 bits per heavy atom. The average molecular weight is 409 g/mol. The zero-order valence-corrected chi connectivity index (χ0v) is 5.01. The van der Waals surface area contributed by atoms with E-state index in [9.17, 15) is 0 Å². The van der Waals surface area contributed by atoms with Crippen molar-refractivity contribution in [3.63, 3.8) is 0 Å². The third kappa shape index (κ3) is 8.97. The van der Waals surface area contributed by atoms with Crippen LogP contribution in [0.25, 0.3) is 0 Å². The van der Waals surface area contributed by atoms with Crippen LogP contribution in [-0.2, 0) is 55.9 Å². The van der Waals surface area contributed by atoms with Gasteiger partial charge in [-0.05, 0) is 0 Å². The summed E-state index contributed by atoms with van der Waals surface area (Å²) in [7, 11) is 0. The van der Waals surface area contributed by atoms with Gasteiger partial charge in [0.05, 0.1) is 0 Å². The minimum atomic E-state index is 0. The fourth-order valence-electron chi connectivity index (χ4n) is 0. The molecule has 0 fully saturated rings. The molecule has 0 rings (SSSR count). The second-order valence-corrected chi connectivity index (χ2v) is 0. The number of rotatable bonds is 0. The van der Waals surface area contributed by atoms with Crippen LogP contribution in [0.1, 0.15) is 0 Å². The molecule has 0 atom stereocenters. The number of hydrogen-bond acceptors (Lipinski definition) is 0. The van der Waals surface area contributed by atoms with Gasteiger partial charge in [0.15, 0.2) is 0 Å². The Bertz CT molecular complexity index is 8.00. The molecule has 0 N–H and O–H groups in total. The third-order valence-electron chi connectivity index (χ3n) is 0. The zero-order valence-electron chi connectivity index (χ0n) is 0.919. The van der Waals surface area contributed by atoms with E-state index < -0.39 is 0 Å². The van der Waals surface area contributed by atoms with Crippen molar-refractivity contribution in [1.29, 1.82) is 0 Å². The molecule has 0 saturated heterocycles. The van der Waals surface area contributed by atoms with Crippen molar-refractivity contribution in [1.82, 2.24) is 0 Å². The SMILES string of the molecule is [Au].[Cu].[Ni].[SrH2]. The van der Waals surface area contributed by atoms with E-state index in [4.69, 9.17) is 0 Å². The van der Waals surface area contributed by atoms with Gasteiger partial charge >= 0.3 is 45.5 Å². The van der Waals surface area contributed by atoms with E-state index in [1.807, 2.05) is 0 Å². The van der Waals surface area contributed by atoms with Crippen LogP contribution in [0.5, 0.6) is 0 Å². The molecule has 0 amide bonds. The molecule has 0 aromatic rings. The summed E-state index contributed by atoms with van der Waals surface area (Å²) in [5.74, 6) is 0. The molecule has 4 heavy (non-hydrogen) atoms. The maximum absolute atomic E-state index is 0. The Morgan fingerprint density at radius 1 is 1.00 bits per heavy atom. The molecule has 0 aromatic heterocycles. The normalized spacial score (nSPS) is 0. The first-order valence-electron chi connectivity index (χ1n) is 0. The van der Waals surface area contributed by atoms with E-state index in [0.29, 0.717) is 0 Å². The van der Waals surface area contributed by atoms with Gasteiger partial charge in [0.1, 0.15) is 0 Å². The number of hydrogen-bond donors (Lipinski definition) is 0. The van der Waals surface area contributed by atoms with Crippen LogP contribution >= 0.6 is 0 Å². The Balaban J connectivity index is 0. The summed E-state index contributed by atoms with van der Waals surface area (Å²) in [6.07, 6.45) is 0. The van der Waals surface area contributed by atoms with Crippen molar-refractivity contribution in [2.75, 3.05) is 0 Å².